The lowest BCUT2D eigenvalue weighted by Gasteiger charge is -2.31. The van der Waals surface area contributed by atoms with Gasteiger partial charge in [0.1, 0.15) is 0 Å². The van der Waals surface area contributed by atoms with Gasteiger partial charge in [-0.25, -0.2) is 0 Å². The van der Waals surface area contributed by atoms with E-state index in [2.05, 4.69) is 42.7 Å². The summed E-state index contributed by atoms with van der Waals surface area (Å²) >= 11 is 0. The van der Waals surface area contributed by atoms with Crippen LogP contribution in [-0.4, -0.2) is 18.6 Å². The highest BCUT2D eigenvalue weighted by molar-refractivity contribution is 5.56. The summed E-state index contributed by atoms with van der Waals surface area (Å²) in [5.74, 6) is 3.01. The first-order valence-corrected chi connectivity index (χ1v) is 9.31. The van der Waals surface area contributed by atoms with Crippen molar-refractivity contribution in [3.63, 3.8) is 0 Å². The van der Waals surface area contributed by atoms with E-state index in [-0.39, 0.29) is 0 Å². The second-order valence-electron chi connectivity index (χ2n) is 8.07. The highest BCUT2D eigenvalue weighted by Crippen LogP contribution is 2.49. The van der Waals surface area contributed by atoms with Crippen LogP contribution in [0.5, 0.6) is 0 Å². The lowest BCUT2D eigenvalue weighted by molar-refractivity contribution is 0.247. The van der Waals surface area contributed by atoms with Crippen LogP contribution in [-0.2, 0) is 12.8 Å². The van der Waals surface area contributed by atoms with Crippen molar-refractivity contribution in [1.29, 1.82) is 0 Å². The van der Waals surface area contributed by atoms with Gasteiger partial charge >= 0.3 is 0 Å². The molecule has 120 valence electrons. The van der Waals surface area contributed by atoms with Crippen molar-refractivity contribution < 1.29 is 0 Å². The predicted octanol–water partition coefficient (Wildman–Crippen LogP) is 4.00. The molecule has 2 aliphatic carbocycles. The molecule has 0 radical (unpaired) electrons. The SMILES string of the molecule is CC(Cc1ccc2c(c1)CCN2)NC(C)C1CC2CCC1C2. The lowest BCUT2D eigenvalue weighted by Crippen LogP contribution is -2.42. The Morgan fingerprint density at radius 1 is 1.23 bits per heavy atom. The van der Waals surface area contributed by atoms with E-state index in [1.807, 2.05) is 0 Å². The van der Waals surface area contributed by atoms with Gasteiger partial charge < -0.3 is 10.6 Å². The van der Waals surface area contributed by atoms with Crippen molar-refractivity contribution in [2.45, 2.75) is 64.5 Å². The van der Waals surface area contributed by atoms with E-state index < -0.39 is 0 Å². The molecule has 2 bridgehead atoms. The summed E-state index contributed by atoms with van der Waals surface area (Å²) in [6.07, 6.45) is 8.34. The maximum atomic E-state index is 3.91. The van der Waals surface area contributed by atoms with Crippen molar-refractivity contribution in [1.82, 2.24) is 5.32 Å². The number of hydrogen-bond acceptors (Lipinski definition) is 2. The van der Waals surface area contributed by atoms with Gasteiger partial charge in [-0.3, -0.25) is 0 Å². The molecule has 5 unspecified atom stereocenters. The third-order valence-electron chi connectivity index (χ3n) is 6.40. The van der Waals surface area contributed by atoms with Gasteiger partial charge in [0.05, 0.1) is 0 Å². The Labute approximate surface area is 135 Å². The van der Waals surface area contributed by atoms with Crippen LogP contribution in [0.15, 0.2) is 18.2 Å². The quantitative estimate of drug-likeness (QED) is 0.858. The smallest absolute Gasteiger partial charge is 0.0373 e. The maximum absolute atomic E-state index is 3.91. The normalized spacial score (nSPS) is 31.8. The van der Waals surface area contributed by atoms with Gasteiger partial charge in [0.25, 0.3) is 0 Å². The molecule has 0 amide bonds. The molecular weight excluding hydrogens is 268 g/mol. The van der Waals surface area contributed by atoms with E-state index in [1.54, 1.807) is 0 Å². The zero-order valence-electron chi connectivity index (χ0n) is 14.1. The summed E-state index contributed by atoms with van der Waals surface area (Å²) in [5, 5.41) is 7.36. The first-order valence-electron chi connectivity index (χ1n) is 9.31. The zero-order valence-corrected chi connectivity index (χ0v) is 14.1. The van der Waals surface area contributed by atoms with Crippen LogP contribution in [0.4, 0.5) is 5.69 Å². The molecule has 2 fully saturated rings. The molecule has 1 heterocycles. The van der Waals surface area contributed by atoms with E-state index in [0.717, 1.165) is 30.7 Å². The summed E-state index contributed by atoms with van der Waals surface area (Å²) in [5.41, 5.74) is 4.34. The fraction of sp³-hybridized carbons (Fsp3) is 0.700. The van der Waals surface area contributed by atoms with Crippen molar-refractivity contribution in [3.8, 4) is 0 Å². The Hall–Kier alpha value is -1.02. The summed E-state index contributed by atoms with van der Waals surface area (Å²) in [6, 6.07) is 8.24. The number of anilines is 1. The van der Waals surface area contributed by atoms with Crippen molar-refractivity contribution in [2.75, 3.05) is 11.9 Å². The predicted molar refractivity (Wildman–Crippen MR) is 93.3 cm³/mol. The molecule has 1 aliphatic heterocycles. The van der Waals surface area contributed by atoms with Gasteiger partial charge in [0.15, 0.2) is 0 Å². The first-order chi connectivity index (χ1) is 10.7. The molecule has 4 rings (SSSR count). The fourth-order valence-corrected chi connectivity index (χ4v) is 5.38. The summed E-state index contributed by atoms with van der Waals surface area (Å²) in [4.78, 5) is 0. The monoisotopic (exact) mass is 298 g/mol. The Morgan fingerprint density at radius 3 is 2.91 bits per heavy atom. The Kier molecular flexibility index (Phi) is 3.89. The lowest BCUT2D eigenvalue weighted by atomic mass is 9.83. The summed E-state index contributed by atoms with van der Waals surface area (Å²) < 4.78 is 0. The van der Waals surface area contributed by atoms with E-state index in [1.165, 1.54) is 48.9 Å². The number of rotatable bonds is 5. The maximum Gasteiger partial charge on any atom is 0.0373 e. The topological polar surface area (TPSA) is 24.1 Å². The van der Waals surface area contributed by atoms with Crippen LogP contribution in [0.2, 0.25) is 0 Å². The van der Waals surface area contributed by atoms with Crippen LogP contribution in [0, 0.1) is 17.8 Å². The molecule has 2 saturated carbocycles. The average Bonchev–Trinajstić information content (AvgIpc) is 3.22. The molecule has 2 N–H and O–H groups in total. The van der Waals surface area contributed by atoms with Crippen molar-refractivity contribution >= 4 is 5.69 Å². The van der Waals surface area contributed by atoms with Gasteiger partial charge in [0.2, 0.25) is 0 Å². The second-order valence-corrected chi connectivity index (χ2v) is 8.07. The molecule has 2 nitrogen and oxygen atoms in total. The van der Waals surface area contributed by atoms with Crippen LogP contribution in [0.3, 0.4) is 0 Å². The molecule has 3 aliphatic rings. The highest BCUT2D eigenvalue weighted by Gasteiger charge is 2.41. The van der Waals surface area contributed by atoms with Crippen molar-refractivity contribution in [3.05, 3.63) is 29.3 Å². The molecule has 5 atom stereocenters. The molecule has 22 heavy (non-hydrogen) atoms. The molecular formula is C20H30N2. The zero-order chi connectivity index (χ0) is 15.1. The van der Waals surface area contributed by atoms with Crippen LogP contribution < -0.4 is 10.6 Å². The fourth-order valence-electron chi connectivity index (χ4n) is 5.38. The standard InChI is InChI=1S/C20H30N2/c1-13(9-15-4-6-20-18(11-15)7-8-21-20)22-14(2)19-12-16-3-5-17(19)10-16/h4,6,11,13-14,16-17,19,21-22H,3,5,7-10,12H2,1-2H3. The van der Waals surface area contributed by atoms with Crippen LogP contribution in [0.25, 0.3) is 0 Å². The highest BCUT2D eigenvalue weighted by atomic mass is 14.9. The third kappa shape index (κ3) is 2.78. The van der Waals surface area contributed by atoms with E-state index in [9.17, 15) is 0 Å². The third-order valence-corrected chi connectivity index (χ3v) is 6.40. The molecule has 1 aromatic rings. The van der Waals surface area contributed by atoms with Gasteiger partial charge in [-0.05, 0) is 80.9 Å². The average molecular weight is 298 g/mol. The molecule has 0 spiro atoms. The van der Waals surface area contributed by atoms with Gasteiger partial charge in [-0.2, -0.15) is 0 Å². The summed E-state index contributed by atoms with van der Waals surface area (Å²) in [6.45, 7) is 5.89. The molecule has 0 saturated heterocycles. The van der Waals surface area contributed by atoms with E-state index in [0.29, 0.717) is 12.1 Å². The van der Waals surface area contributed by atoms with E-state index in [4.69, 9.17) is 0 Å². The first kappa shape index (κ1) is 14.6. The largest absolute Gasteiger partial charge is 0.384 e. The van der Waals surface area contributed by atoms with Gasteiger partial charge in [0, 0.05) is 24.3 Å². The minimum atomic E-state index is 0.571. The molecule has 2 heteroatoms. The Balaban J connectivity index is 1.33. The minimum Gasteiger partial charge on any atom is -0.384 e. The minimum absolute atomic E-state index is 0.571. The van der Waals surface area contributed by atoms with Crippen LogP contribution >= 0.6 is 0 Å². The number of hydrogen-bond donors (Lipinski definition) is 2. The Bertz CT molecular complexity index is 539. The molecule has 0 aromatic heterocycles. The number of fused-ring (bicyclic) bond motifs is 3. The second kappa shape index (κ2) is 5.88. The number of nitrogens with one attached hydrogen (secondary N) is 2. The van der Waals surface area contributed by atoms with Crippen LogP contribution in [0.1, 0.15) is 50.7 Å². The molecule has 1 aromatic carbocycles. The summed E-state index contributed by atoms with van der Waals surface area (Å²) in [7, 11) is 0. The Morgan fingerprint density at radius 2 is 2.14 bits per heavy atom. The van der Waals surface area contributed by atoms with Gasteiger partial charge in [-0.15, -0.1) is 0 Å². The van der Waals surface area contributed by atoms with Gasteiger partial charge in [-0.1, -0.05) is 18.6 Å². The van der Waals surface area contributed by atoms with Crippen molar-refractivity contribution in [2.24, 2.45) is 17.8 Å². The van der Waals surface area contributed by atoms with E-state index >= 15 is 0 Å². The number of benzene rings is 1.